The van der Waals surface area contributed by atoms with E-state index < -0.39 is 0 Å². The maximum atomic E-state index is 9.99. The van der Waals surface area contributed by atoms with Crippen molar-refractivity contribution >= 4 is 0 Å². The van der Waals surface area contributed by atoms with E-state index in [0.29, 0.717) is 0 Å². The van der Waals surface area contributed by atoms with Crippen molar-refractivity contribution in [1.82, 2.24) is 0 Å². The second kappa shape index (κ2) is 11.1. The van der Waals surface area contributed by atoms with Crippen molar-refractivity contribution < 1.29 is 5.11 Å². The number of rotatable bonds is 8. The second-order valence-electron chi connectivity index (χ2n) is 10.2. The standard InChI is InChI=1S/C25H46O/c1-2-3-4-5-6-8-20-11-13-21(14-12-20)22-15-17-23(18-16-22)24-9-7-10-25(26)19-24/h20-26H,2-19H2,1H3/t20?,21?,22?,23?,24-,25+/m0/s1. The summed E-state index contributed by atoms with van der Waals surface area (Å²) in [5.41, 5.74) is 0. The van der Waals surface area contributed by atoms with Gasteiger partial charge in [0.25, 0.3) is 0 Å². The van der Waals surface area contributed by atoms with Crippen LogP contribution in [0.4, 0.5) is 0 Å². The first-order valence-corrected chi connectivity index (χ1v) is 12.4. The predicted molar refractivity (Wildman–Crippen MR) is 112 cm³/mol. The Morgan fingerprint density at radius 1 is 0.615 bits per heavy atom. The van der Waals surface area contributed by atoms with E-state index in [1.807, 2.05) is 0 Å². The highest BCUT2D eigenvalue weighted by Crippen LogP contribution is 2.45. The minimum atomic E-state index is 0.0173. The SMILES string of the molecule is CCCCCCCC1CCC(C2CCC([C@H]3CCC[C@@H](O)C3)CC2)CC1. The van der Waals surface area contributed by atoms with Gasteiger partial charge in [0, 0.05) is 0 Å². The molecule has 0 unspecified atom stereocenters. The first-order chi connectivity index (χ1) is 12.8. The molecule has 0 radical (unpaired) electrons. The predicted octanol–water partition coefficient (Wildman–Crippen LogP) is 7.51. The highest BCUT2D eigenvalue weighted by Gasteiger charge is 2.34. The molecule has 152 valence electrons. The van der Waals surface area contributed by atoms with Crippen LogP contribution >= 0.6 is 0 Å². The van der Waals surface area contributed by atoms with Crippen LogP contribution in [0.5, 0.6) is 0 Å². The van der Waals surface area contributed by atoms with E-state index in [4.69, 9.17) is 0 Å². The van der Waals surface area contributed by atoms with Crippen LogP contribution in [0.2, 0.25) is 0 Å². The van der Waals surface area contributed by atoms with Crippen molar-refractivity contribution in [3.05, 3.63) is 0 Å². The van der Waals surface area contributed by atoms with Crippen LogP contribution in [0.1, 0.15) is 122 Å². The molecule has 3 fully saturated rings. The van der Waals surface area contributed by atoms with Crippen LogP contribution in [-0.2, 0) is 0 Å². The number of hydrogen-bond acceptors (Lipinski definition) is 1. The molecule has 0 bridgehead atoms. The third-order valence-electron chi connectivity index (χ3n) is 8.44. The monoisotopic (exact) mass is 362 g/mol. The lowest BCUT2D eigenvalue weighted by Crippen LogP contribution is -2.31. The Morgan fingerprint density at radius 3 is 1.81 bits per heavy atom. The topological polar surface area (TPSA) is 20.2 Å². The molecule has 1 heteroatoms. The van der Waals surface area contributed by atoms with E-state index in [1.54, 1.807) is 0 Å². The van der Waals surface area contributed by atoms with E-state index in [1.165, 1.54) is 103 Å². The number of unbranched alkanes of at least 4 members (excludes halogenated alkanes) is 4. The van der Waals surface area contributed by atoms with Crippen LogP contribution in [0.3, 0.4) is 0 Å². The van der Waals surface area contributed by atoms with Gasteiger partial charge in [-0.25, -0.2) is 0 Å². The zero-order valence-corrected chi connectivity index (χ0v) is 17.6. The minimum Gasteiger partial charge on any atom is -0.393 e. The van der Waals surface area contributed by atoms with Gasteiger partial charge in [0.2, 0.25) is 0 Å². The molecule has 0 heterocycles. The molecular weight excluding hydrogens is 316 g/mol. The summed E-state index contributed by atoms with van der Waals surface area (Å²) >= 11 is 0. The summed E-state index contributed by atoms with van der Waals surface area (Å²) in [7, 11) is 0. The molecule has 1 nitrogen and oxygen atoms in total. The third-order valence-corrected chi connectivity index (χ3v) is 8.44. The van der Waals surface area contributed by atoms with Gasteiger partial charge < -0.3 is 5.11 Å². The zero-order chi connectivity index (χ0) is 18.2. The molecule has 3 saturated carbocycles. The van der Waals surface area contributed by atoms with Crippen molar-refractivity contribution in [3.8, 4) is 0 Å². The van der Waals surface area contributed by atoms with Crippen LogP contribution in [0, 0.1) is 29.6 Å². The molecule has 0 aromatic rings. The zero-order valence-electron chi connectivity index (χ0n) is 17.6. The smallest absolute Gasteiger partial charge is 0.0543 e. The average molecular weight is 363 g/mol. The molecule has 0 saturated heterocycles. The lowest BCUT2D eigenvalue weighted by atomic mass is 9.65. The minimum absolute atomic E-state index is 0.0173. The van der Waals surface area contributed by atoms with Gasteiger partial charge in [0.05, 0.1) is 6.10 Å². The van der Waals surface area contributed by atoms with E-state index in [2.05, 4.69) is 6.92 Å². The first-order valence-electron chi connectivity index (χ1n) is 12.4. The molecule has 26 heavy (non-hydrogen) atoms. The second-order valence-corrected chi connectivity index (χ2v) is 10.2. The molecule has 0 aromatic carbocycles. The Balaban J connectivity index is 1.30. The van der Waals surface area contributed by atoms with Crippen LogP contribution < -0.4 is 0 Å². The Labute approximate surface area is 163 Å². The van der Waals surface area contributed by atoms with Crippen molar-refractivity contribution in [2.45, 2.75) is 129 Å². The van der Waals surface area contributed by atoms with Gasteiger partial charge in [-0.05, 0) is 87.4 Å². The fourth-order valence-corrected chi connectivity index (χ4v) is 6.70. The number of aliphatic hydroxyl groups excluding tert-OH is 1. The molecule has 0 aromatic heterocycles. The molecule has 1 N–H and O–H groups in total. The number of aliphatic hydroxyl groups is 1. The van der Waals surface area contributed by atoms with E-state index in [-0.39, 0.29) is 6.10 Å². The molecular formula is C25H46O. The maximum Gasteiger partial charge on any atom is 0.0543 e. The van der Waals surface area contributed by atoms with Crippen LogP contribution in [0.15, 0.2) is 0 Å². The summed E-state index contributed by atoms with van der Waals surface area (Å²) < 4.78 is 0. The number of hydrogen-bond donors (Lipinski definition) is 1. The van der Waals surface area contributed by atoms with Crippen molar-refractivity contribution in [2.24, 2.45) is 29.6 Å². The fourth-order valence-electron chi connectivity index (χ4n) is 6.70. The molecule has 3 aliphatic rings. The summed E-state index contributed by atoms with van der Waals surface area (Å²) in [6, 6.07) is 0. The van der Waals surface area contributed by atoms with Gasteiger partial charge in [0.1, 0.15) is 0 Å². The summed E-state index contributed by atoms with van der Waals surface area (Å²) in [6.07, 6.45) is 25.7. The van der Waals surface area contributed by atoms with Gasteiger partial charge in [-0.15, -0.1) is 0 Å². The Hall–Kier alpha value is -0.0400. The van der Waals surface area contributed by atoms with Gasteiger partial charge in [0.15, 0.2) is 0 Å². The van der Waals surface area contributed by atoms with Gasteiger partial charge >= 0.3 is 0 Å². The lowest BCUT2D eigenvalue weighted by molar-refractivity contribution is 0.0554. The first kappa shape index (κ1) is 20.7. The molecule has 0 amide bonds. The Bertz CT molecular complexity index is 362. The molecule has 3 rings (SSSR count). The highest BCUT2D eigenvalue weighted by molar-refractivity contribution is 4.86. The lowest BCUT2D eigenvalue weighted by Gasteiger charge is -2.41. The van der Waals surface area contributed by atoms with Crippen LogP contribution in [0.25, 0.3) is 0 Å². The maximum absolute atomic E-state index is 9.99. The van der Waals surface area contributed by atoms with E-state index in [0.717, 1.165) is 42.4 Å². The highest BCUT2D eigenvalue weighted by atomic mass is 16.3. The molecule has 2 atom stereocenters. The third kappa shape index (κ3) is 6.25. The van der Waals surface area contributed by atoms with Gasteiger partial charge in [-0.3, -0.25) is 0 Å². The van der Waals surface area contributed by atoms with Crippen molar-refractivity contribution in [1.29, 1.82) is 0 Å². The van der Waals surface area contributed by atoms with Gasteiger partial charge in [-0.1, -0.05) is 64.7 Å². The summed E-state index contributed by atoms with van der Waals surface area (Å²) in [4.78, 5) is 0. The fraction of sp³-hybridized carbons (Fsp3) is 1.00. The average Bonchev–Trinajstić information content (AvgIpc) is 2.68. The molecule has 0 spiro atoms. The Morgan fingerprint density at radius 2 is 1.19 bits per heavy atom. The van der Waals surface area contributed by atoms with E-state index in [9.17, 15) is 5.11 Å². The summed E-state index contributed by atoms with van der Waals surface area (Å²) in [5.74, 6) is 4.96. The van der Waals surface area contributed by atoms with Crippen molar-refractivity contribution in [3.63, 3.8) is 0 Å². The summed E-state index contributed by atoms with van der Waals surface area (Å²) in [6.45, 7) is 2.31. The largest absolute Gasteiger partial charge is 0.393 e. The van der Waals surface area contributed by atoms with Gasteiger partial charge in [-0.2, -0.15) is 0 Å². The Kier molecular flexibility index (Phi) is 8.82. The quantitative estimate of drug-likeness (QED) is 0.443. The van der Waals surface area contributed by atoms with E-state index >= 15 is 0 Å². The normalized spacial score (nSPS) is 39.0. The summed E-state index contributed by atoms with van der Waals surface area (Å²) in [5, 5.41) is 9.99. The van der Waals surface area contributed by atoms with Crippen LogP contribution in [-0.4, -0.2) is 11.2 Å². The molecule has 0 aliphatic heterocycles. The van der Waals surface area contributed by atoms with Crippen molar-refractivity contribution in [2.75, 3.05) is 0 Å². The molecule has 3 aliphatic carbocycles.